The summed E-state index contributed by atoms with van der Waals surface area (Å²) < 4.78 is 5.51. The Kier molecular flexibility index (Phi) is 4.16. The molecule has 0 amide bonds. The van der Waals surface area contributed by atoms with Crippen molar-refractivity contribution in [2.75, 3.05) is 13.1 Å². The Hall–Kier alpha value is -0.900. The highest BCUT2D eigenvalue weighted by molar-refractivity contribution is 5.02. The van der Waals surface area contributed by atoms with E-state index in [0.717, 1.165) is 30.7 Å². The van der Waals surface area contributed by atoms with Crippen LogP contribution in [0.5, 0.6) is 0 Å². The zero-order valence-electron chi connectivity index (χ0n) is 11.9. The summed E-state index contributed by atoms with van der Waals surface area (Å²) in [5.74, 6) is 3.72. The lowest BCUT2D eigenvalue weighted by Crippen LogP contribution is -2.28. The maximum Gasteiger partial charge on any atom is 0.231 e. The number of hydrogen-bond donors (Lipinski definition) is 1. The topological polar surface area (TPSA) is 51.0 Å². The van der Waals surface area contributed by atoms with Gasteiger partial charge in [0.15, 0.2) is 5.82 Å². The number of nitrogens with one attached hydrogen (secondary N) is 1. The molecule has 1 aromatic heterocycles. The van der Waals surface area contributed by atoms with Gasteiger partial charge >= 0.3 is 0 Å². The molecule has 1 aliphatic heterocycles. The second-order valence-electron chi connectivity index (χ2n) is 6.16. The van der Waals surface area contributed by atoms with Crippen LogP contribution in [0.15, 0.2) is 4.52 Å². The molecule has 3 rings (SSSR count). The lowest BCUT2D eigenvalue weighted by atomic mass is 9.80. The van der Waals surface area contributed by atoms with E-state index < -0.39 is 0 Å². The molecule has 1 N–H and O–H groups in total. The van der Waals surface area contributed by atoms with Gasteiger partial charge < -0.3 is 9.84 Å². The van der Waals surface area contributed by atoms with Crippen molar-refractivity contribution in [3.05, 3.63) is 11.7 Å². The number of aromatic nitrogens is 2. The molecule has 4 heteroatoms. The number of hydrogen-bond acceptors (Lipinski definition) is 4. The molecule has 1 saturated carbocycles. The predicted molar refractivity (Wildman–Crippen MR) is 74.1 cm³/mol. The van der Waals surface area contributed by atoms with Crippen LogP contribution in [0.1, 0.15) is 75.4 Å². The van der Waals surface area contributed by atoms with Crippen molar-refractivity contribution in [3.63, 3.8) is 0 Å². The smallest absolute Gasteiger partial charge is 0.231 e. The summed E-state index contributed by atoms with van der Waals surface area (Å²) in [6.45, 7) is 4.41. The van der Waals surface area contributed by atoms with Crippen LogP contribution in [0.4, 0.5) is 0 Å². The summed E-state index contributed by atoms with van der Waals surface area (Å²) in [7, 11) is 0. The second kappa shape index (κ2) is 6.04. The monoisotopic (exact) mass is 263 g/mol. The first-order valence-corrected chi connectivity index (χ1v) is 7.91. The van der Waals surface area contributed by atoms with Gasteiger partial charge in [-0.25, -0.2) is 0 Å². The maximum absolute atomic E-state index is 5.51. The Labute approximate surface area is 115 Å². The molecule has 0 radical (unpaired) electrons. The van der Waals surface area contributed by atoms with Crippen LogP contribution in [-0.4, -0.2) is 23.2 Å². The molecule has 2 aliphatic rings. The molecular weight excluding hydrogens is 238 g/mol. The molecule has 1 aromatic rings. The molecule has 1 unspecified atom stereocenters. The quantitative estimate of drug-likeness (QED) is 0.909. The summed E-state index contributed by atoms with van der Waals surface area (Å²) >= 11 is 0. The van der Waals surface area contributed by atoms with Crippen LogP contribution in [0.25, 0.3) is 0 Å². The molecule has 0 spiro atoms. The molecule has 0 bridgehead atoms. The molecule has 19 heavy (non-hydrogen) atoms. The number of nitrogens with zero attached hydrogens (tertiary/aromatic N) is 2. The minimum Gasteiger partial charge on any atom is -0.339 e. The first-order chi connectivity index (χ1) is 9.36. The van der Waals surface area contributed by atoms with Gasteiger partial charge in [-0.3, -0.25) is 0 Å². The summed E-state index contributed by atoms with van der Waals surface area (Å²) in [6, 6.07) is 0. The van der Waals surface area contributed by atoms with E-state index in [0.29, 0.717) is 11.8 Å². The van der Waals surface area contributed by atoms with Gasteiger partial charge in [0.1, 0.15) is 0 Å². The summed E-state index contributed by atoms with van der Waals surface area (Å²) in [5, 5.41) is 7.66. The van der Waals surface area contributed by atoms with E-state index in [9.17, 15) is 0 Å². The van der Waals surface area contributed by atoms with Crippen molar-refractivity contribution in [3.8, 4) is 0 Å². The fourth-order valence-electron chi connectivity index (χ4n) is 3.47. The average Bonchev–Trinajstić information content (AvgIpc) is 2.98. The molecule has 1 aliphatic carbocycles. The molecule has 106 valence electrons. The minimum atomic E-state index is 0.432. The van der Waals surface area contributed by atoms with Gasteiger partial charge in [0, 0.05) is 12.5 Å². The van der Waals surface area contributed by atoms with Crippen molar-refractivity contribution in [2.45, 2.75) is 63.7 Å². The maximum atomic E-state index is 5.51. The van der Waals surface area contributed by atoms with E-state index in [-0.39, 0.29) is 0 Å². The van der Waals surface area contributed by atoms with E-state index >= 15 is 0 Å². The van der Waals surface area contributed by atoms with Gasteiger partial charge in [-0.2, -0.15) is 4.98 Å². The van der Waals surface area contributed by atoms with Gasteiger partial charge in [-0.15, -0.1) is 0 Å². The van der Waals surface area contributed by atoms with Gasteiger partial charge in [0.2, 0.25) is 5.89 Å². The minimum absolute atomic E-state index is 0.432. The van der Waals surface area contributed by atoms with Crippen LogP contribution >= 0.6 is 0 Å². The van der Waals surface area contributed by atoms with Gasteiger partial charge in [-0.1, -0.05) is 18.5 Å². The van der Waals surface area contributed by atoms with Crippen LogP contribution < -0.4 is 5.32 Å². The summed E-state index contributed by atoms with van der Waals surface area (Å²) in [4.78, 5) is 4.69. The van der Waals surface area contributed by atoms with Crippen molar-refractivity contribution >= 4 is 0 Å². The number of rotatable bonds is 3. The summed E-state index contributed by atoms with van der Waals surface area (Å²) in [6.07, 6.45) is 8.84. The van der Waals surface area contributed by atoms with E-state index in [1.807, 2.05) is 0 Å². The predicted octanol–water partition coefficient (Wildman–Crippen LogP) is 3.22. The standard InChI is InChI=1S/C15H25N3O/c1-2-11-5-7-12(8-6-11)14-17-15(19-18-14)13-4-3-9-16-10-13/h11-13,16H,2-10H2,1H3. The zero-order valence-corrected chi connectivity index (χ0v) is 11.9. The Morgan fingerprint density at radius 1 is 1.16 bits per heavy atom. The third-order valence-electron chi connectivity index (χ3n) is 4.89. The van der Waals surface area contributed by atoms with Crippen LogP contribution in [0, 0.1) is 5.92 Å². The van der Waals surface area contributed by atoms with Crippen molar-refractivity contribution in [2.24, 2.45) is 5.92 Å². The highest BCUT2D eigenvalue weighted by atomic mass is 16.5. The van der Waals surface area contributed by atoms with Crippen molar-refractivity contribution in [1.29, 1.82) is 0 Å². The molecule has 2 heterocycles. The Bertz CT molecular complexity index is 390. The molecular formula is C15H25N3O. The molecule has 4 nitrogen and oxygen atoms in total. The first-order valence-electron chi connectivity index (χ1n) is 7.91. The first kappa shape index (κ1) is 13.1. The second-order valence-corrected chi connectivity index (χ2v) is 6.16. The summed E-state index contributed by atoms with van der Waals surface area (Å²) in [5.41, 5.74) is 0. The Morgan fingerprint density at radius 3 is 2.68 bits per heavy atom. The molecule has 0 aromatic carbocycles. The van der Waals surface area contributed by atoms with Crippen LogP contribution in [-0.2, 0) is 0 Å². The third kappa shape index (κ3) is 2.99. The van der Waals surface area contributed by atoms with Crippen LogP contribution in [0.2, 0.25) is 0 Å². The average molecular weight is 263 g/mol. The van der Waals surface area contributed by atoms with Gasteiger partial charge in [-0.05, 0) is 51.0 Å². The normalized spacial score (nSPS) is 32.4. The van der Waals surface area contributed by atoms with E-state index in [1.54, 1.807) is 0 Å². The van der Waals surface area contributed by atoms with Crippen molar-refractivity contribution < 1.29 is 4.52 Å². The van der Waals surface area contributed by atoms with Crippen LogP contribution in [0.3, 0.4) is 0 Å². The molecule has 2 fully saturated rings. The lowest BCUT2D eigenvalue weighted by Gasteiger charge is -2.25. The Balaban J connectivity index is 1.61. The van der Waals surface area contributed by atoms with E-state index in [1.165, 1.54) is 44.9 Å². The third-order valence-corrected chi connectivity index (χ3v) is 4.89. The van der Waals surface area contributed by atoms with Crippen molar-refractivity contribution in [1.82, 2.24) is 15.5 Å². The van der Waals surface area contributed by atoms with Gasteiger partial charge in [0.25, 0.3) is 0 Å². The fraction of sp³-hybridized carbons (Fsp3) is 0.867. The Morgan fingerprint density at radius 2 is 2.00 bits per heavy atom. The highest BCUT2D eigenvalue weighted by Crippen LogP contribution is 2.36. The lowest BCUT2D eigenvalue weighted by molar-refractivity contribution is 0.296. The largest absolute Gasteiger partial charge is 0.339 e. The molecule has 1 saturated heterocycles. The zero-order chi connectivity index (χ0) is 13.1. The SMILES string of the molecule is CCC1CCC(c2noc(C3CCCNC3)n2)CC1. The molecule has 1 atom stereocenters. The van der Waals surface area contributed by atoms with E-state index in [4.69, 9.17) is 9.51 Å². The fourth-order valence-corrected chi connectivity index (χ4v) is 3.47. The number of piperidine rings is 1. The van der Waals surface area contributed by atoms with Gasteiger partial charge in [0.05, 0.1) is 5.92 Å². The highest BCUT2D eigenvalue weighted by Gasteiger charge is 2.27. The van der Waals surface area contributed by atoms with E-state index in [2.05, 4.69) is 17.4 Å².